The molecule has 2 rings (SSSR count). The average Bonchev–Trinajstić information content (AvgIpc) is 2.50. The maximum absolute atomic E-state index is 2.40. The molecule has 0 aliphatic rings. The summed E-state index contributed by atoms with van der Waals surface area (Å²) in [4.78, 5) is 0. The van der Waals surface area contributed by atoms with E-state index in [1.807, 2.05) is 0 Å². The molecule has 3 atom stereocenters. The normalized spacial score (nSPS) is 15.6. The predicted molar refractivity (Wildman–Crippen MR) is 88.1 cm³/mol. The lowest BCUT2D eigenvalue weighted by molar-refractivity contribution is 0.381. The molecule has 3 unspecified atom stereocenters. The fourth-order valence-corrected chi connectivity index (χ4v) is 3.38. The molecule has 106 valence electrons. The summed E-state index contributed by atoms with van der Waals surface area (Å²) in [6.07, 6.45) is 2.54. The van der Waals surface area contributed by atoms with E-state index in [0.717, 1.165) is 0 Å². The second kappa shape index (κ2) is 7.28. The van der Waals surface area contributed by atoms with Crippen molar-refractivity contribution in [2.75, 3.05) is 0 Å². The zero-order valence-electron chi connectivity index (χ0n) is 12.9. The van der Waals surface area contributed by atoms with Gasteiger partial charge >= 0.3 is 0 Å². The summed E-state index contributed by atoms with van der Waals surface area (Å²) in [6.45, 7) is 7.06. The molecule has 2 aromatic carbocycles. The molecule has 0 aliphatic heterocycles. The van der Waals surface area contributed by atoms with Gasteiger partial charge < -0.3 is 0 Å². The Morgan fingerprint density at radius 3 is 1.75 bits per heavy atom. The van der Waals surface area contributed by atoms with E-state index in [4.69, 9.17) is 0 Å². The number of hydrogen-bond acceptors (Lipinski definition) is 0. The highest BCUT2D eigenvalue weighted by Crippen LogP contribution is 2.39. The third kappa shape index (κ3) is 3.50. The van der Waals surface area contributed by atoms with E-state index >= 15 is 0 Å². The molecule has 0 radical (unpaired) electrons. The van der Waals surface area contributed by atoms with Crippen molar-refractivity contribution in [3.63, 3.8) is 0 Å². The third-order valence-electron chi connectivity index (χ3n) is 4.41. The fraction of sp³-hybridized carbons (Fsp3) is 0.400. The second-order valence-corrected chi connectivity index (χ2v) is 5.90. The maximum Gasteiger partial charge on any atom is -0.00700 e. The van der Waals surface area contributed by atoms with Crippen molar-refractivity contribution < 1.29 is 0 Å². The van der Waals surface area contributed by atoms with Crippen molar-refractivity contribution in [2.45, 2.75) is 45.4 Å². The van der Waals surface area contributed by atoms with Crippen molar-refractivity contribution in [3.8, 4) is 0 Å². The minimum absolute atomic E-state index is 0.556. The lowest BCUT2D eigenvalue weighted by atomic mass is 9.74. The van der Waals surface area contributed by atoms with Crippen LogP contribution in [0.2, 0.25) is 0 Å². The van der Waals surface area contributed by atoms with E-state index in [2.05, 4.69) is 81.4 Å². The maximum atomic E-state index is 2.40. The van der Waals surface area contributed by atoms with Gasteiger partial charge in [-0.2, -0.15) is 0 Å². The highest BCUT2D eigenvalue weighted by atomic mass is 14.3. The Labute approximate surface area is 123 Å². The molecule has 0 amide bonds. The van der Waals surface area contributed by atoms with Gasteiger partial charge in [0.1, 0.15) is 0 Å². The molecule has 0 aliphatic carbocycles. The molecule has 0 spiro atoms. The molecule has 0 bridgehead atoms. The Hall–Kier alpha value is -1.56. The molecular formula is C20H26. The van der Waals surface area contributed by atoms with Gasteiger partial charge in [-0.25, -0.2) is 0 Å². The van der Waals surface area contributed by atoms with Gasteiger partial charge in [0, 0.05) is 0 Å². The van der Waals surface area contributed by atoms with Crippen molar-refractivity contribution in [3.05, 3.63) is 71.8 Å². The second-order valence-electron chi connectivity index (χ2n) is 5.90. The van der Waals surface area contributed by atoms with Crippen LogP contribution in [-0.2, 0) is 0 Å². The van der Waals surface area contributed by atoms with Crippen molar-refractivity contribution in [1.82, 2.24) is 0 Å². The average molecular weight is 266 g/mol. The summed E-state index contributed by atoms with van der Waals surface area (Å²) < 4.78 is 0. The van der Waals surface area contributed by atoms with Crippen LogP contribution in [0, 0.1) is 5.92 Å². The smallest absolute Gasteiger partial charge is 0.00700 e. The van der Waals surface area contributed by atoms with Crippen LogP contribution in [0.4, 0.5) is 0 Å². The van der Waals surface area contributed by atoms with Crippen molar-refractivity contribution in [1.29, 1.82) is 0 Å². The molecule has 0 heteroatoms. The van der Waals surface area contributed by atoms with Gasteiger partial charge in [-0.05, 0) is 28.9 Å². The van der Waals surface area contributed by atoms with Crippen LogP contribution < -0.4 is 0 Å². The quantitative estimate of drug-likeness (QED) is 0.600. The predicted octanol–water partition coefficient (Wildman–Crippen LogP) is 6.01. The first kappa shape index (κ1) is 14.8. The molecule has 0 N–H and O–H groups in total. The molecule has 0 saturated heterocycles. The summed E-state index contributed by atoms with van der Waals surface area (Å²) >= 11 is 0. The zero-order chi connectivity index (χ0) is 14.4. The molecule has 0 nitrogen and oxygen atoms in total. The summed E-state index contributed by atoms with van der Waals surface area (Å²) in [5.41, 5.74) is 2.93. The molecule has 20 heavy (non-hydrogen) atoms. The first-order valence-corrected chi connectivity index (χ1v) is 7.84. The van der Waals surface area contributed by atoms with Crippen LogP contribution in [0.3, 0.4) is 0 Å². The zero-order valence-corrected chi connectivity index (χ0v) is 12.9. The molecule has 0 aromatic heterocycles. The van der Waals surface area contributed by atoms with Gasteiger partial charge in [-0.3, -0.25) is 0 Å². The summed E-state index contributed by atoms with van der Waals surface area (Å²) in [5.74, 6) is 1.86. The standard InChI is InChI=1S/C20H26/c1-4-11-16(2)20(19-14-9-6-10-15-19)17(3)18-12-7-5-8-13-18/h5-10,12-17,20H,4,11H2,1-3H3. The first-order chi connectivity index (χ1) is 9.74. The van der Waals surface area contributed by atoms with Crippen molar-refractivity contribution >= 4 is 0 Å². The molecule has 0 heterocycles. The number of benzene rings is 2. The van der Waals surface area contributed by atoms with E-state index in [1.54, 1.807) is 0 Å². The Bertz CT molecular complexity index is 486. The van der Waals surface area contributed by atoms with E-state index in [1.165, 1.54) is 24.0 Å². The number of hydrogen-bond donors (Lipinski definition) is 0. The highest BCUT2D eigenvalue weighted by molar-refractivity contribution is 5.28. The van der Waals surface area contributed by atoms with Gasteiger partial charge in [0.25, 0.3) is 0 Å². The Kier molecular flexibility index (Phi) is 5.40. The molecular weight excluding hydrogens is 240 g/mol. The third-order valence-corrected chi connectivity index (χ3v) is 4.41. The lowest BCUT2D eigenvalue weighted by Gasteiger charge is -2.30. The van der Waals surface area contributed by atoms with Crippen LogP contribution in [0.1, 0.15) is 56.6 Å². The van der Waals surface area contributed by atoms with Gasteiger partial charge in [0.15, 0.2) is 0 Å². The SMILES string of the molecule is CCCC(C)C(c1ccccc1)C(C)c1ccccc1. The van der Waals surface area contributed by atoms with E-state index in [-0.39, 0.29) is 0 Å². The lowest BCUT2D eigenvalue weighted by Crippen LogP contribution is -2.16. The Balaban J connectivity index is 2.31. The minimum Gasteiger partial charge on any atom is -0.0654 e. The minimum atomic E-state index is 0.556. The van der Waals surface area contributed by atoms with E-state index in [9.17, 15) is 0 Å². The van der Waals surface area contributed by atoms with Gasteiger partial charge in [0.05, 0.1) is 0 Å². The summed E-state index contributed by atoms with van der Waals surface area (Å²) in [5, 5.41) is 0. The van der Waals surface area contributed by atoms with Crippen LogP contribution in [-0.4, -0.2) is 0 Å². The summed E-state index contributed by atoms with van der Waals surface area (Å²) in [6, 6.07) is 21.9. The topological polar surface area (TPSA) is 0 Å². The number of rotatable bonds is 6. The monoisotopic (exact) mass is 266 g/mol. The highest BCUT2D eigenvalue weighted by Gasteiger charge is 2.25. The summed E-state index contributed by atoms with van der Waals surface area (Å²) in [7, 11) is 0. The van der Waals surface area contributed by atoms with Gasteiger partial charge in [-0.15, -0.1) is 0 Å². The first-order valence-electron chi connectivity index (χ1n) is 7.84. The van der Waals surface area contributed by atoms with E-state index < -0.39 is 0 Å². The Morgan fingerprint density at radius 2 is 1.25 bits per heavy atom. The Morgan fingerprint density at radius 1 is 0.750 bits per heavy atom. The molecule has 0 fully saturated rings. The largest absolute Gasteiger partial charge is 0.0654 e. The van der Waals surface area contributed by atoms with Crippen LogP contribution in [0.15, 0.2) is 60.7 Å². The van der Waals surface area contributed by atoms with Crippen LogP contribution >= 0.6 is 0 Å². The van der Waals surface area contributed by atoms with Gasteiger partial charge in [0.2, 0.25) is 0 Å². The van der Waals surface area contributed by atoms with E-state index in [0.29, 0.717) is 17.8 Å². The van der Waals surface area contributed by atoms with Gasteiger partial charge in [-0.1, -0.05) is 94.3 Å². The molecule has 2 aromatic rings. The van der Waals surface area contributed by atoms with Crippen LogP contribution in [0.25, 0.3) is 0 Å². The fourth-order valence-electron chi connectivity index (χ4n) is 3.38. The molecule has 0 saturated carbocycles. The van der Waals surface area contributed by atoms with Crippen LogP contribution in [0.5, 0.6) is 0 Å². The van der Waals surface area contributed by atoms with Crippen molar-refractivity contribution in [2.24, 2.45) is 5.92 Å².